The number of furan rings is 1. The third-order valence-corrected chi connectivity index (χ3v) is 3.34. The number of hydrogen-bond donors (Lipinski definition) is 0. The van der Waals surface area contributed by atoms with Crippen molar-refractivity contribution in [2.45, 2.75) is 13.5 Å². The maximum Gasteiger partial charge on any atom is 0.186 e. The van der Waals surface area contributed by atoms with Gasteiger partial charge in [0.05, 0.1) is 18.0 Å². The van der Waals surface area contributed by atoms with Gasteiger partial charge in [0.15, 0.2) is 5.78 Å². The maximum atomic E-state index is 11.8. The fourth-order valence-electron chi connectivity index (χ4n) is 1.65. The van der Waals surface area contributed by atoms with Crippen LogP contribution in [0.5, 0.6) is 0 Å². The van der Waals surface area contributed by atoms with Crippen molar-refractivity contribution in [3.8, 4) is 0 Å². The van der Waals surface area contributed by atoms with Crippen LogP contribution in [0.2, 0.25) is 0 Å². The van der Waals surface area contributed by atoms with E-state index in [-0.39, 0.29) is 5.78 Å². The smallest absolute Gasteiger partial charge is 0.186 e. The van der Waals surface area contributed by atoms with Gasteiger partial charge in [0, 0.05) is 0 Å². The second kappa shape index (κ2) is 5.29. The monoisotopic (exact) mass is 249 g/mol. The summed E-state index contributed by atoms with van der Waals surface area (Å²) < 4.78 is 5.48. The summed E-state index contributed by atoms with van der Waals surface area (Å²) in [5.41, 5.74) is 0. The standard InChI is InChI=1S/C13H15NO2S/c1-10-5-6-11(16-10)8-14(2)9-12(15)13-4-3-7-17-13/h3-7H,8-9H2,1-2H3. The van der Waals surface area contributed by atoms with Crippen LogP contribution in [0.4, 0.5) is 0 Å². The average molecular weight is 249 g/mol. The highest BCUT2D eigenvalue weighted by atomic mass is 32.1. The highest BCUT2D eigenvalue weighted by molar-refractivity contribution is 7.12. The molecule has 4 heteroatoms. The highest BCUT2D eigenvalue weighted by Gasteiger charge is 2.11. The van der Waals surface area contributed by atoms with Crippen molar-refractivity contribution in [2.24, 2.45) is 0 Å². The summed E-state index contributed by atoms with van der Waals surface area (Å²) in [4.78, 5) is 14.6. The fraction of sp³-hybridized carbons (Fsp3) is 0.308. The molecule has 0 bridgehead atoms. The molecule has 17 heavy (non-hydrogen) atoms. The molecule has 0 amide bonds. The first-order chi connectivity index (χ1) is 8.15. The summed E-state index contributed by atoms with van der Waals surface area (Å²) >= 11 is 1.48. The largest absolute Gasteiger partial charge is 0.465 e. The normalized spacial score (nSPS) is 11.0. The van der Waals surface area contributed by atoms with Crippen molar-refractivity contribution in [1.29, 1.82) is 0 Å². The molecule has 3 nitrogen and oxygen atoms in total. The molecule has 0 N–H and O–H groups in total. The van der Waals surface area contributed by atoms with Gasteiger partial charge in [-0.1, -0.05) is 6.07 Å². The van der Waals surface area contributed by atoms with E-state index in [0.717, 1.165) is 16.4 Å². The Labute approximate surface area is 105 Å². The lowest BCUT2D eigenvalue weighted by molar-refractivity contribution is 0.0943. The molecule has 2 rings (SSSR count). The van der Waals surface area contributed by atoms with Gasteiger partial charge in [0.2, 0.25) is 0 Å². The molecule has 0 saturated heterocycles. The van der Waals surface area contributed by atoms with Crippen LogP contribution >= 0.6 is 11.3 Å². The van der Waals surface area contributed by atoms with Crippen LogP contribution in [0.25, 0.3) is 0 Å². The van der Waals surface area contributed by atoms with E-state index in [2.05, 4.69) is 0 Å². The topological polar surface area (TPSA) is 33.5 Å². The molecule has 0 spiro atoms. The second-order valence-corrected chi connectivity index (χ2v) is 5.03. The second-order valence-electron chi connectivity index (χ2n) is 4.09. The Morgan fingerprint density at radius 3 is 2.82 bits per heavy atom. The molecule has 0 aliphatic carbocycles. The molecule has 2 heterocycles. The molecule has 0 fully saturated rings. The molecule has 2 aromatic rings. The number of carbonyl (C=O) groups is 1. The maximum absolute atomic E-state index is 11.8. The minimum atomic E-state index is 0.158. The number of hydrogen-bond acceptors (Lipinski definition) is 4. The molecular formula is C13H15NO2S. The zero-order chi connectivity index (χ0) is 12.3. The Morgan fingerprint density at radius 2 is 2.24 bits per heavy atom. The van der Waals surface area contributed by atoms with Gasteiger partial charge in [-0.15, -0.1) is 11.3 Å². The fourth-order valence-corrected chi connectivity index (χ4v) is 2.31. The lowest BCUT2D eigenvalue weighted by Gasteiger charge is -2.13. The minimum absolute atomic E-state index is 0.158. The molecule has 90 valence electrons. The summed E-state index contributed by atoms with van der Waals surface area (Å²) in [6, 6.07) is 7.64. The lowest BCUT2D eigenvalue weighted by Crippen LogP contribution is -2.24. The van der Waals surface area contributed by atoms with Crippen molar-refractivity contribution in [3.05, 3.63) is 46.0 Å². The third-order valence-electron chi connectivity index (χ3n) is 2.43. The van der Waals surface area contributed by atoms with E-state index < -0.39 is 0 Å². The first kappa shape index (κ1) is 12.1. The van der Waals surface area contributed by atoms with E-state index in [1.165, 1.54) is 11.3 Å². The molecule has 0 aliphatic heterocycles. The summed E-state index contributed by atoms with van der Waals surface area (Å²) in [6.45, 7) is 2.99. The summed E-state index contributed by atoms with van der Waals surface area (Å²) in [5, 5.41) is 1.92. The number of likely N-dealkylation sites (N-methyl/N-ethyl adjacent to an activating group) is 1. The Hall–Kier alpha value is -1.39. The van der Waals surface area contributed by atoms with Crippen LogP contribution in [0, 0.1) is 6.92 Å². The Morgan fingerprint density at radius 1 is 1.41 bits per heavy atom. The number of aryl methyl sites for hydroxylation is 1. The molecule has 0 aliphatic rings. The number of carbonyl (C=O) groups excluding carboxylic acids is 1. The Kier molecular flexibility index (Phi) is 3.76. The van der Waals surface area contributed by atoms with Gasteiger partial charge < -0.3 is 4.42 Å². The van der Waals surface area contributed by atoms with Crippen LogP contribution in [0.3, 0.4) is 0 Å². The van der Waals surface area contributed by atoms with E-state index in [0.29, 0.717) is 13.1 Å². The Bertz CT molecular complexity index is 487. The van der Waals surface area contributed by atoms with E-state index in [9.17, 15) is 4.79 Å². The van der Waals surface area contributed by atoms with Gasteiger partial charge in [-0.2, -0.15) is 0 Å². The molecular weight excluding hydrogens is 234 g/mol. The van der Waals surface area contributed by atoms with Crippen molar-refractivity contribution in [2.75, 3.05) is 13.6 Å². The van der Waals surface area contributed by atoms with Crippen LogP contribution in [0.1, 0.15) is 21.2 Å². The average Bonchev–Trinajstić information content (AvgIpc) is 2.89. The SMILES string of the molecule is Cc1ccc(CN(C)CC(=O)c2cccs2)o1. The van der Waals surface area contributed by atoms with Crippen LogP contribution in [-0.4, -0.2) is 24.3 Å². The number of ketones is 1. The first-order valence-corrected chi connectivity index (χ1v) is 6.33. The van der Waals surface area contributed by atoms with Gasteiger partial charge in [0.25, 0.3) is 0 Å². The molecule has 0 atom stereocenters. The molecule has 0 radical (unpaired) electrons. The molecule has 0 saturated carbocycles. The quantitative estimate of drug-likeness (QED) is 0.764. The third kappa shape index (κ3) is 3.28. The number of rotatable bonds is 5. The van der Waals surface area contributed by atoms with Crippen LogP contribution < -0.4 is 0 Å². The number of nitrogens with zero attached hydrogens (tertiary/aromatic N) is 1. The van der Waals surface area contributed by atoms with Gasteiger partial charge in [0.1, 0.15) is 11.5 Å². The van der Waals surface area contributed by atoms with Gasteiger partial charge in [-0.3, -0.25) is 9.69 Å². The van der Waals surface area contributed by atoms with E-state index in [1.807, 2.05) is 48.5 Å². The molecule has 0 aromatic carbocycles. The lowest BCUT2D eigenvalue weighted by atomic mass is 10.3. The highest BCUT2D eigenvalue weighted by Crippen LogP contribution is 2.12. The predicted octanol–water partition coefficient (Wildman–Crippen LogP) is 2.96. The number of Topliss-reactive ketones (excluding diaryl/α,β-unsaturated/α-hetero) is 1. The van der Waals surface area contributed by atoms with E-state index >= 15 is 0 Å². The predicted molar refractivity (Wildman–Crippen MR) is 68.4 cm³/mol. The summed E-state index contributed by atoms with van der Waals surface area (Å²) in [6.07, 6.45) is 0. The minimum Gasteiger partial charge on any atom is -0.465 e. The summed E-state index contributed by atoms with van der Waals surface area (Å²) in [5.74, 6) is 1.95. The van der Waals surface area contributed by atoms with E-state index in [1.54, 1.807) is 0 Å². The first-order valence-electron chi connectivity index (χ1n) is 5.46. The number of thiophene rings is 1. The zero-order valence-corrected chi connectivity index (χ0v) is 10.8. The van der Waals surface area contributed by atoms with Crippen LogP contribution in [0.15, 0.2) is 34.1 Å². The van der Waals surface area contributed by atoms with Gasteiger partial charge >= 0.3 is 0 Å². The Balaban J connectivity index is 1.89. The molecule has 0 unspecified atom stereocenters. The van der Waals surface area contributed by atoms with Crippen molar-refractivity contribution in [1.82, 2.24) is 4.90 Å². The van der Waals surface area contributed by atoms with Crippen LogP contribution in [-0.2, 0) is 6.54 Å². The van der Waals surface area contributed by atoms with E-state index in [4.69, 9.17) is 4.42 Å². The zero-order valence-electron chi connectivity index (χ0n) is 9.97. The van der Waals surface area contributed by atoms with Crippen molar-refractivity contribution in [3.63, 3.8) is 0 Å². The van der Waals surface area contributed by atoms with Gasteiger partial charge in [-0.05, 0) is 37.6 Å². The summed E-state index contributed by atoms with van der Waals surface area (Å²) in [7, 11) is 1.92. The molecule has 2 aromatic heterocycles. The van der Waals surface area contributed by atoms with Gasteiger partial charge in [-0.25, -0.2) is 0 Å². The van der Waals surface area contributed by atoms with Crippen molar-refractivity contribution >= 4 is 17.1 Å². The van der Waals surface area contributed by atoms with Crippen molar-refractivity contribution < 1.29 is 9.21 Å².